The van der Waals surface area contributed by atoms with Gasteiger partial charge in [0.15, 0.2) is 0 Å². The van der Waals surface area contributed by atoms with E-state index >= 15 is 0 Å². The molecule has 2 atom stereocenters. The van der Waals surface area contributed by atoms with Crippen molar-refractivity contribution in [2.75, 3.05) is 0 Å². The largest absolute Gasteiger partial charge is 0.480 e. The molecule has 3 aromatic rings. The van der Waals surface area contributed by atoms with Crippen molar-refractivity contribution in [3.8, 4) is 0 Å². The molecular weight excluding hydrogens is 322 g/mol. The number of rotatable bonds is 3. The molecule has 25 heavy (non-hydrogen) atoms. The van der Waals surface area contributed by atoms with Gasteiger partial charge in [-0.05, 0) is 17.2 Å². The average molecular weight is 337 g/mol. The number of nitrogens with zero attached hydrogens (tertiary/aromatic N) is 1. The topological polar surface area (TPSA) is 108 Å². The molecule has 0 aliphatic carbocycles. The van der Waals surface area contributed by atoms with Crippen molar-refractivity contribution in [2.45, 2.75) is 18.5 Å². The molecule has 1 aliphatic rings. The van der Waals surface area contributed by atoms with Gasteiger partial charge >= 0.3 is 5.97 Å². The summed E-state index contributed by atoms with van der Waals surface area (Å²) in [6, 6.07) is 12.8. The number of hydrogen-bond donors (Lipinski definition) is 3. The van der Waals surface area contributed by atoms with Gasteiger partial charge in [0.05, 0.1) is 11.0 Å². The molecule has 0 saturated carbocycles. The van der Waals surface area contributed by atoms with Gasteiger partial charge in [-0.25, -0.2) is 0 Å². The van der Waals surface area contributed by atoms with Gasteiger partial charge in [-0.2, -0.15) is 0 Å². The molecule has 0 radical (unpaired) electrons. The van der Waals surface area contributed by atoms with E-state index in [4.69, 9.17) is 0 Å². The van der Waals surface area contributed by atoms with Crippen LogP contribution < -0.4 is 5.32 Å². The van der Waals surface area contributed by atoms with Crippen molar-refractivity contribution >= 4 is 22.6 Å². The first-order chi connectivity index (χ1) is 12.0. The van der Waals surface area contributed by atoms with Gasteiger partial charge in [0, 0.05) is 35.2 Å². The number of fused-ring (bicyclic) bond motifs is 3. The number of para-hydroxylation sites is 1. The van der Waals surface area contributed by atoms with Crippen molar-refractivity contribution in [2.24, 2.45) is 0 Å². The molecule has 0 bridgehead atoms. The zero-order chi connectivity index (χ0) is 17.6. The molecule has 1 aromatic heterocycles. The Kier molecular flexibility index (Phi) is 3.51. The average Bonchev–Trinajstić information content (AvgIpc) is 2.99. The van der Waals surface area contributed by atoms with E-state index in [1.54, 1.807) is 12.1 Å². The third-order valence-corrected chi connectivity index (χ3v) is 4.62. The molecule has 0 spiro atoms. The number of carbonyl (C=O) groups is 1. The fourth-order valence-electron chi connectivity index (χ4n) is 3.47. The number of aromatic amines is 1. The predicted molar refractivity (Wildman–Crippen MR) is 91.5 cm³/mol. The molecule has 0 fully saturated rings. The first kappa shape index (κ1) is 15.3. The lowest BCUT2D eigenvalue weighted by Crippen LogP contribution is -2.44. The van der Waals surface area contributed by atoms with E-state index in [0.29, 0.717) is 12.0 Å². The molecule has 0 saturated heterocycles. The highest BCUT2D eigenvalue weighted by molar-refractivity contribution is 5.87. The molecule has 4 rings (SSSR count). The Balaban J connectivity index is 1.89. The third kappa shape index (κ3) is 2.54. The van der Waals surface area contributed by atoms with Crippen LogP contribution in [0.2, 0.25) is 0 Å². The number of carboxylic acids is 1. The minimum Gasteiger partial charge on any atom is -0.480 e. The molecule has 2 aromatic carbocycles. The third-order valence-electron chi connectivity index (χ3n) is 4.62. The summed E-state index contributed by atoms with van der Waals surface area (Å²) in [4.78, 5) is 25.6. The van der Waals surface area contributed by atoms with Crippen molar-refractivity contribution in [1.29, 1.82) is 0 Å². The normalized spacial score (nSPS) is 19.5. The minimum atomic E-state index is -0.939. The lowest BCUT2D eigenvalue weighted by atomic mass is 9.90. The second-order valence-corrected chi connectivity index (χ2v) is 6.11. The standard InChI is InChI=1S/C18H15N3O4/c22-18(23)15-9-13-12-6-1-2-7-14(12)19-17(13)16(20-15)10-4-3-5-11(8-10)21(24)25/h1-8,15-16,19-20H,9H2,(H,22,23)/t15-,16+/m0/s1. The lowest BCUT2D eigenvalue weighted by Gasteiger charge is -2.29. The second kappa shape index (κ2) is 5.71. The summed E-state index contributed by atoms with van der Waals surface area (Å²) in [5.41, 5.74) is 3.37. The highest BCUT2D eigenvalue weighted by Gasteiger charge is 2.34. The van der Waals surface area contributed by atoms with Crippen LogP contribution in [-0.2, 0) is 11.2 Å². The van der Waals surface area contributed by atoms with Gasteiger partial charge in [0.1, 0.15) is 6.04 Å². The zero-order valence-corrected chi connectivity index (χ0v) is 13.1. The SMILES string of the molecule is O=C(O)[C@@H]1Cc2c([nH]c3ccccc23)[C@@H](c2cccc([N+](=O)[O-])c2)N1. The van der Waals surface area contributed by atoms with E-state index < -0.39 is 23.0 Å². The predicted octanol–water partition coefficient (Wildman–Crippen LogP) is 2.76. The summed E-state index contributed by atoms with van der Waals surface area (Å²) < 4.78 is 0. The molecule has 0 unspecified atom stereocenters. The fraction of sp³-hybridized carbons (Fsp3) is 0.167. The number of non-ortho nitro benzene ring substituents is 1. The maximum atomic E-state index is 11.6. The smallest absolute Gasteiger partial charge is 0.321 e. The number of aliphatic carboxylic acids is 1. The summed E-state index contributed by atoms with van der Waals surface area (Å²) in [6.45, 7) is 0. The molecule has 1 aliphatic heterocycles. The Morgan fingerprint density at radius 2 is 2.00 bits per heavy atom. The molecular formula is C18H15N3O4. The van der Waals surface area contributed by atoms with E-state index in [1.807, 2.05) is 24.3 Å². The number of carboxylic acid groups (broad SMARTS) is 1. The number of aromatic nitrogens is 1. The summed E-state index contributed by atoms with van der Waals surface area (Å²) in [5, 5.41) is 24.7. The number of hydrogen-bond acceptors (Lipinski definition) is 4. The van der Waals surface area contributed by atoms with E-state index in [1.165, 1.54) is 12.1 Å². The Hall–Kier alpha value is -3.19. The molecule has 126 valence electrons. The van der Waals surface area contributed by atoms with Crippen LogP contribution in [-0.4, -0.2) is 27.0 Å². The number of nitro groups is 1. The van der Waals surface area contributed by atoms with Crippen molar-refractivity contribution < 1.29 is 14.8 Å². The van der Waals surface area contributed by atoms with Crippen molar-refractivity contribution in [3.05, 3.63) is 75.5 Å². The van der Waals surface area contributed by atoms with E-state index in [0.717, 1.165) is 22.2 Å². The van der Waals surface area contributed by atoms with E-state index in [9.17, 15) is 20.0 Å². The Bertz CT molecular complexity index is 995. The molecule has 7 heteroatoms. The van der Waals surface area contributed by atoms with Crippen LogP contribution >= 0.6 is 0 Å². The number of nitro benzene ring substituents is 1. The number of benzene rings is 2. The highest BCUT2D eigenvalue weighted by Crippen LogP contribution is 2.35. The Morgan fingerprint density at radius 3 is 2.76 bits per heavy atom. The van der Waals surface area contributed by atoms with E-state index in [-0.39, 0.29) is 5.69 Å². The number of nitrogens with one attached hydrogen (secondary N) is 2. The van der Waals surface area contributed by atoms with Crippen molar-refractivity contribution in [3.63, 3.8) is 0 Å². The van der Waals surface area contributed by atoms with Crippen molar-refractivity contribution in [1.82, 2.24) is 10.3 Å². The van der Waals surface area contributed by atoms with Crippen LogP contribution in [0.15, 0.2) is 48.5 Å². The zero-order valence-electron chi connectivity index (χ0n) is 13.1. The van der Waals surface area contributed by atoms with Crippen LogP contribution in [0, 0.1) is 10.1 Å². The van der Waals surface area contributed by atoms with Crippen LogP contribution in [0.25, 0.3) is 10.9 Å². The van der Waals surface area contributed by atoms with E-state index in [2.05, 4.69) is 10.3 Å². The quantitative estimate of drug-likeness (QED) is 0.503. The first-order valence-electron chi connectivity index (χ1n) is 7.87. The molecule has 0 amide bonds. The van der Waals surface area contributed by atoms with Crippen LogP contribution in [0.3, 0.4) is 0 Å². The van der Waals surface area contributed by atoms with Crippen LogP contribution in [0.5, 0.6) is 0 Å². The van der Waals surface area contributed by atoms with Gasteiger partial charge in [-0.1, -0.05) is 30.3 Å². The van der Waals surface area contributed by atoms with Gasteiger partial charge < -0.3 is 10.1 Å². The van der Waals surface area contributed by atoms with Gasteiger partial charge in [0.2, 0.25) is 0 Å². The highest BCUT2D eigenvalue weighted by atomic mass is 16.6. The maximum absolute atomic E-state index is 11.6. The molecule has 2 heterocycles. The Morgan fingerprint density at radius 1 is 1.20 bits per heavy atom. The minimum absolute atomic E-state index is 0.0191. The summed E-state index contributed by atoms with van der Waals surface area (Å²) in [7, 11) is 0. The van der Waals surface area contributed by atoms with Gasteiger partial charge in [0.25, 0.3) is 5.69 Å². The summed E-state index contributed by atoms with van der Waals surface area (Å²) in [5.74, 6) is -0.939. The van der Waals surface area contributed by atoms with Crippen LogP contribution in [0.4, 0.5) is 5.69 Å². The second-order valence-electron chi connectivity index (χ2n) is 6.11. The molecule has 7 nitrogen and oxygen atoms in total. The lowest BCUT2D eigenvalue weighted by molar-refractivity contribution is -0.384. The fourth-order valence-corrected chi connectivity index (χ4v) is 3.47. The number of H-pyrrole nitrogens is 1. The van der Waals surface area contributed by atoms with Gasteiger partial charge in [-0.15, -0.1) is 0 Å². The maximum Gasteiger partial charge on any atom is 0.321 e. The first-order valence-corrected chi connectivity index (χ1v) is 7.87. The Labute approximate surface area is 142 Å². The van der Waals surface area contributed by atoms with Crippen LogP contribution in [0.1, 0.15) is 22.9 Å². The summed E-state index contributed by atoms with van der Waals surface area (Å²) >= 11 is 0. The molecule has 3 N–H and O–H groups in total. The monoisotopic (exact) mass is 337 g/mol. The van der Waals surface area contributed by atoms with Gasteiger partial charge in [-0.3, -0.25) is 20.2 Å². The summed E-state index contributed by atoms with van der Waals surface area (Å²) in [6.07, 6.45) is 0.361.